The molecular weight excluding hydrogens is 394 g/mol. The van der Waals surface area contributed by atoms with E-state index >= 15 is 0 Å². The average Bonchev–Trinajstić information content (AvgIpc) is 3.38. The van der Waals surface area contributed by atoms with Crippen LogP contribution in [0.3, 0.4) is 0 Å². The predicted molar refractivity (Wildman–Crippen MR) is 118 cm³/mol. The molecule has 1 aromatic heterocycles. The summed E-state index contributed by atoms with van der Waals surface area (Å²) < 4.78 is 10.7. The molecule has 31 heavy (non-hydrogen) atoms. The number of anilines is 2. The molecule has 2 aromatic rings. The highest BCUT2D eigenvalue weighted by Crippen LogP contribution is 2.31. The van der Waals surface area contributed by atoms with E-state index in [2.05, 4.69) is 9.80 Å². The summed E-state index contributed by atoms with van der Waals surface area (Å²) in [5, 5.41) is 0. The first-order valence-electron chi connectivity index (χ1n) is 11.1. The zero-order valence-electron chi connectivity index (χ0n) is 18.0. The minimum absolute atomic E-state index is 0.0398. The third-order valence-corrected chi connectivity index (χ3v) is 6.35. The Morgan fingerprint density at radius 1 is 0.968 bits per heavy atom. The first-order chi connectivity index (χ1) is 15.2. The summed E-state index contributed by atoms with van der Waals surface area (Å²) in [4.78, 5) is 29.6. The lowest BCUT2D eigenvalue weighted by Gasteiger charge is -2.34. The maximum absolute atomic E-state index is 13.2. The van der Waals surface area contributed by atoms with Crippen molar-refractivity contribution in [3.05, 3.63) is 41.1 Å². The van der Waals surface area contributed by atoms with Crippen molar-refractivity contribution in [3.8, 4) is 5.75 Å². The number of hydrogen-bond donors (Lipinski definition) is 0. The van der Waals surface area contributed by atoms with Gasteiger partial charge >= 0.3 is 0 Å². The van der Waals surface area contributed by atoms with Gasteiger partial charge in [0.1, 0.15) is 11.6 Å². The first kappa shape index (κ1) is 20.1. The Balaban J connectivity index is 1.44. The lowest BCUT2D eigenvalue weighted by atomic mass is 10.0. The third-order valence-electron chi connectivity index (χ3n) is 6.35. The number of ether oxygens (including phenoxy) is 2. The molecule has 0 N–H and O–H groups in total. The second-order valence-corrected chi connectivity index (χ2v) is 8.27. The molecule has 1 amide bonds. The SMILES string of the molecule is COc1ccc(C(=O)N2CCc3nc(N4CCOCC4)nc(N4CCCC4)c3C2)cc1. The summed E-state index contributed by atoms with van der Waals surface area (Å²) in [6, 6.07) is 7.32. The van der Waals surface area contributed by atoms with Crippen molar-refractivity contribution in [2.75, 3.05) is 62.8 Å². The van der Waals surface area contributed by atoms with Gasteiger partial charge < -0.3 is 24.2 Å². The Bertz CT molecular complexity index is 937. The van der Waals surface area contributed by atoms with E-state index in [0.29, 0.717) is 31.9 Å². The number of benzene rings is 1. The number of methoxy groups -OCH3 is 1. The molecule has 8 nitrogen and oxygen atoms in total. The largest absolute Gasteiger partial charge is 0.497 e. The molecule has 4 heterocycles. The maximum Gasteiger partial charge on any atom is 0.254 e. The number of amides is 1. The van der Waals surface area contributed by atoms with Crippen LogP contribution in [-0.4, -0.2) is 73.8 Å². The van der Waals surface area contributed by atoms with Crippen LogP contribution in [-0.2, 0) is 17.7 Å². The maximum atomic E-state index is 13.2. The molecule has 2 fully saturated rings. The fourth-order valence-electron chi connectivity index (χ4n) is 4.57. The normalized spacial score (nSPS) is 18.8. The molecule has 0 unspecified atom stereocenters. The molecular formula is C23H29N5O3. The number of morpholine rings is 1. The van der Waals surface area contributed by atoms with E-state index in [1.165, 1.54) is 12.8 Å². The summed E-state index contributed by atoms with van der Waals surface area (Å²) in [5.41, 5.74) is 2.86. The van der Waals surface area contributed by atoms with Crippen LogP contribution in [0.4, 0.5) is 11.8 Å². The average molecular weight is 424 g/mol. The van der Waals surface area contributed by atoms with Crippen LogP contribution < -0.4 is 14.5 Å². The van der Waals surface area contributed by atoms with Crippen molar-refractivity contribution < 1.29 is 14.3 Å². The van der Waals surface area contributed by atoms with Gasteiger partial charge in [0.2, 0.25) is 5.95 Å². The molecule has 2 saturated heterocycles. The Labute approximate surface area is 182 Å². The molecule has 0 aliphatic carbocycles. The van der Waals surface area contributed by atoms with Crippen LogP contribution in [0.25, 0.3) is 0 Å². The molecule has 3 aliphatic rings. The number of carbonyl (C=O) groups is 1. The van der Waals surface area contributed by atoms with Crippen molar-refractivity contribution in [3.63, 3.8) is 0 Å². The van der Waals surface area contributed by atoms with Crippen LogP contribution in [0.5, 0.6) is 5.75 Å². The zero-order valence-corrected chi connectivity index (χ0v) is 18.0. The highest BCUT2D eigenvalue weighted by Gasteiger charge is 2.30. The molecule has 164 valence electrons. The number of rotatable bonds is 4. The molecule has 0 bridgehead atoms. The Kier molecular flexibility index (Phi) is 5.63. The highest BCUT2D eigenvalue weighted by atomic mass is 16.5. The van der Waals surface area contributed by atoms with Gasteiger partial charge in [0.15, 0.2) is 0 Å². The molecule has 5 rings (SSSR count). The van der Waals surface area contributed by atoms with E-state index in [1.807, 2.05) is 29.2 Å². The topological polar surface area (TPSA) is 71.0 Å². The van der Waals surface area contributed by atoms with Crippen LogP contribution in [0, 0.1) is 0 Å². The van der Waals surface area contributed by atoms with Crippen LogP contribution in [0.1, 0.15) is 34.5 Å². The zero-order chi connectivity index (χ0) is 21.2. The fraction of sp³-hybridized carbons (Fsp3) is 0.522. The molecule has 0 saturated carbocycles. The van der Waals surface area contributed by atoms with Gasteiger partial charge in [-0.2, -0.15) is 4.98 Å². The van der Waals surface area contributed by atoms with Crippen LogP contribution >= 0.6 is 0 Å². The predicted octanol–water partition coefficient (Wildman–Crippen LogP) is 2.12. The monoisotopic (exact) mass is 423 g/mol. The summed E-state index contributed by atoms with van der Waals surface area (Å²) in [7, 11) is 1.63. The van der Waals surface area contributed by atoms with Gasteiger partial charge in [-0.3, -0.25) is 4.79 Å². The summed E-state index contributed by atoms with van der Waals surface area (Å²) in [5.74, 6) is 2.61. The van der Waals surface area contributed by atoms with Gasteiger partial charge in [-0.1, -0.05) is 0 Å². The molecule has 3 aliphatic heterocycles. The standard InChI is InChI=1S/C23H29N5O3/c1-30-18-6-4-17(5-7-18)22(29)28-11-8-20-19(16-28)21(26-9-2-3-10-26)25-23(24-20)27-12-14-31-15-13-27/h4-7H,2-3,8-16H2,1H3. The van der Waals surface area contributed by atoms with Gasteiger partial charge in [-0.05, 0) is 37.1 Å². The lowest BCUT2D eigenvalue weighted by molar-refractivity contribution is 0.0733. The van der Waals surface area contributed by atoms with Gasteiger partial charge in [0, 0.05) is 50.3 Å². The molecule has 0 atom stereocenters. The van der Waals surface area contributed by atoms with Gasteiger partial charge in [0.05, 0.1) is 32.6 Å². The number of fused-ring (bicyclic) bond motifs is 1. The lowest BCUT2D eigenvalue weighted by Crippen LogP contribution is -2.40. The van der Waals surface area contributed by atoms with Crippen LogP contribution in [0.15, 0.2) is 24.3 Å². The fourth-order valence-corrected chi connectivity index (χ4v) is 4.57. The van der Waals surface area contributed by atoms with Crippen molar-refractivity contribution in [2.24, 2.45) is 0 Å². The number of hydrogen-bond acceptors (Lipinski definition) is 7. The van der Waals surface area contributed by atoms with E-state index in [4.69, 9.17) is 19.4 Å². The minimum atomic E-state index is 0.0398. The van der Waals surface area contributed by atoms with Gasteiger partial charge in [0.25, 0.3) is 5.91 Å². The molecule has 0 radical (unpaired) electrons. The Hall–Kier alpha value is -2.87. The highest BCUT2D eigenvalue weighted by molar-refractivity contribution is 5.94. The van der Waals surface area contributed by atoms with Crippen molar-refractivity contribution in [1.29, 1.82) is 0 Å². The van der Waals surface area contributed by atoms with Gasteiger partial charge in [-0.25, -0.2) is 4.98 Å². The number of carbonyl (C=O) groups excluding carboxylic acids is 1. The Morgan fingerprint density at radius 3 is 2.42 bits per heavy atom. The van der Waals surface area contributed by atoms with Crippen molar-refractivity contribution >= 4 is 17.7 Å². The van der Waals surface area contributed by atoms with E-state index in [0.717, 1.165) is 61.4 Å². The van der Waals surface area contributed by atoms with E-state index in [9.17, 15) is 4.79 Å². The van der Waals surface area contributed by atoms with E-state index in [-0.39, 0.29) is 5.91 Å². The van der Waals surface area contributed by atoms with E-state index < -0.39 is 0 Å². The number of nitrogens with zero attached hydrogens (tertiary/aromatic N) is 5. The molecule has 8 heteroatoms. The van der Waals surface area contributed by atoms with Crippen molar-refractivity contribution in [1.82, 2.24) is 14.9 Å². The smallest absolute Gasteiger partial charge is 0.254 e. The van der Waals surface area contributed by atoms with Crippen LogP contribution in [0.2, 0.25) is 0 Å². The summed E-state index contributed by atoms with van der Waals surface area (Å²) in [6.45, 7) is 6.30. The second-order valence-electron chi connectivity index (χ2n) is 8.27. The Morgan fingerprint density at radius 2 is 1.71 bits per heavy atom. The minimum Gasteiger partial charge on any atom is -0.497 e. The van der Waals surface area contributed by atoms with E-state index in [1.54, 1.807) is 7.11 Å². The first-order valence-corrected chi connectivity index (χ1v) is 11.1. The second kappa shape index (κ2) is 8.70. The van der Waals surface area contributed by atoms with Crippen molar-refractivity contribution in [2.45, 2.75) is 25.8 Å². The third kappa shape index (κ3) is 4.04. The summed E-state index contributed by atoms with van der Waals surface area (Å²) in [6.07, 6.45) is 3.11. The molecule has 0 spiro atoms. The molecule has 1 aromatic carbocycles. The summed E-state index contributed by atoms with van der Waals surface area (Å²) >= 11 is 0. The van der Waals surface area contributed by atoms with Gasteiger partial charge in [-0.15, -0.1) is 0 Å². The number of aromatic nitrogens is 2. The quantitative estimate of drug-likeness (QED) is 0.746.